The molecule has 0 unspecified atom stereocenters. The zero-order chi connectivity index (χ0) is 41.3. The molecule has 4 aromatic heterocycles. The van der Waals surface area contributed by atoms with Gasteiger partial charge in [0.15, 0.2) is 0 Å². The Balaban J connectivity index is 0.895. The molecular formula is C46H50N12O2. The lowest BCUT2D eigenvalue weighted by molar-refractivity contribution is -0.134. The Morgan fingerprint density at radius 2 is 0.967 bits per heavy atom. The van der Waals surface area contributed by atoms with E-state index >= 15 is 0 Å². The van der Waals surface area contributed by atoms with Gasteiger partial charge < -0.3 is 30.4 Å². The maximum Gasteiger partial charge on any atom is 0.246 e. The summed E-state index contributed by atoms with van der Waals surface area (Å²) in [6.45, 7) is 9.49. The van der Waals surface area contributed by atoms with Crippen molar-refractivity contribution in [2.45, 2.75) is 77.5 Å². The highest BCUT2D eigenvalue weighted by Crippen LogP contribution is 2.36. The topological polar surface area (TPSA) is 174 Å². The lowest BCUT2D eigenvalue weighted by Crippen LogP contribution is -2.45. The summed E-state index contributed by atoms with van der Waals surface area (Å²) in [5.74, 6) is 2.66. The van der Waals surface area contributed by atoms with Crippen LogP contribution in [-0.4, -0.2) is 86.7 Å². The van der Waals surface area contributed by atoms with E-state index < -0.39 is 12.1 Å². The van der Waals surface area contributed by atoms with E-state index in [9.17, 15) is 9.59 Å². The summed E-state index contributed by atoms with van der Waals surface area (Å²) in [5, 5.41) is 6.53. The molecule has 14 heteroatoms. The molecule has 60 heavy (non-hydrogen) atoms. The number of hydrogen-bond donors (Lipinski definition) is 4. The number of nitrogens with one attached hydrogen (secondary N) is 4. The van der Waals surface area contributed by atoms with Gasteiger partial charge in [-0.15, -0.1) is 0 Å². The van der Waals surface area contributed by atoms with Crippen molar-refractivity contribution in [3.8, 4) is 22.3 Å². The Kier molecular flexibility index (Phi) is 10.7. The number of likely N-dealkylation sites (tertiary alicyclic amines) is 2. The number of carbonyl (C=O) groups excluding carboxylic acids is 2. The quantitative estimate of drug-likeness (QED) is 0.0950. The van der Waals surface area contributed by atoms with Crippen molar-refractivity contribution in [2.75, 3.05) is 23.7 Å². The summed E-state index contributed by atoms with van der Waals surface area (Å²) in [7, 11) is 0. The van der Waals surface area contributed by atoms with Crippen LogP contribution in [0.25, 0.3) is 44.3 Å². The van der Waals surface area contributed by atoms with Crippen LogP contribution in [0.5, 0.6) is 0 Å². The summed E-state index contributed by atoms with van der Waals surface area (Å²) in [4.78, 5) is 66.0. The van der Waals surface area contributed by atoms with Gasteiger partial charge in [-0.3, -0.25) is 9.59 Å². The second kappa shape index (κ2) is 16.5. The van der Waals surface area contributed by atoms with Crippen LogP contribution in [0.3, 0.4) is 0 Å². The highest BCUT2D eigenvalue weighted by Gasteiger charge is 2.38. The lowest BCUT2D eigenvalue weighted by atomic mass is 10.00. The minimum absolute atomic E-state index is 0.0317. The first-order valence-electron chi connectivity index (χ1n) is 21.0. The van der Waals surface area contributed by atoms with Crippen LogP contribution >= 0.6 is 0 Å². The van der Waals surface area contributed by atoms with Crippen molar-refractivity contribution >= 4 is 45.8 Å². The molecule has 3 aromatic carbocycles. The van der Waals surface area contributed by atoms with E-state index in [1.165, 1.54) is 0 Å². The van der Waals surface area contributed by atoms with Crippen LogP contribution in [0.1, 0.15) is 77.1 Å². The lowest BCUT2D eigenvalue weighted by Gasteiger charge is -2.30. The van der Waals surface area contributed by atoms with Crippen molar-refractivity contribution in [2.24, 2.45) is 11.8 Å². The molecule has 2 saturated heterocycles. The molecule has 0 aliphatic carbocycles. The van der Waals surface area contributed by atoms with Crippen LogP contribution in [0.15, 0.2) is 97.6 Å². The standard InChI is InChI=1S/C46H50N12O2/c1-27(2)39(55-45-47-19-7-20-48-45)43(59)57-23-5-9-37(57)41-51-33-17-15-31(25-35(33)53-41)29-11-13-30(14-12-29)32-16-18-34-36(26-32)54-42(52-34)38-10-6-24-58(38)44(60)40(28(3)4)56-46-49-21-8-22-50-46/h7-8,11-22,25-28,37-40H,5-6,9-10,23-24H2,1-4H3,(H,51,53)(H,52,54)(H,47,48,55)(H,49,50,56)/t37-,38-,39-,40-/m0/s1. The highest BCUT2D eigenvalue weighted by atomic mass is 16.2. The minimum Gasteiger partial charge on any atom is -0.342 e. The molecule has 2 amide bonds. The summed E-state index contributed by atoms with van der Waals surface area (Å²) < 4.78 is 0. The van der Waals surface area contributed by atoms with Gasteiger partial charge in [0, 0.05) is 37.9 Å². The third-order valence-corrected chi connectivity index (χ3v) is 11.8. The molecule has 4 atom stereocenters. The third-order valence-electron chi connectivity index (χ3n) is 11.8. The van der Waals surface area contributed by atoms with E-state index in [-0.39, 0.29) is 35.7 Å². The fraction of sp³-hybridized carbons (Fsp3) is 0.348. The van der Waals surface area contributed by atoms with Crippen molar-refractivity contribution in [3.63, 3.8) is 0 Å². The first kappa shape index (κ1) is 38.8. The van der Waals surface area contributed by atoms with Crippen LogP contribution in [0.4, 0.5) is 11.9 Å². The number of hydrogen-bond acceptors (Lipinski definition) is 10. The third kappa shape index (κ3) is 7.76. The minimum atomic E-state index is -0.450. The predicted molar refractivity (Wildman–Crippen MR) is 233 cm³/mol. The number of carbonyl (C=O) groups is 2. The van der Waals surface area contributed by atoms with Gasteiger partial charge in [0.1, 0.15) is 23.7 Å². The summed E-state index contributed by atoms with van der Waals surface area (Å²) in [6, 6.07) is 23.5. The number of anilines is 2. The molecule has 2 aliphatic rings. The molecule has 0 spiro atoms. The molecule has 2 aliphatic heterocycles. The normalized spacial score (nSPS) is 17.8. The SMILES string of the molecule is CC(C)[C@H](Nc1ncccn1)C(=O)N1CCC[C@H]1c1nc2ccc(-c3ccc(-c4ccc5nc([C@@H]6CCCN6C(=O)[C@@H](Nc6ncccn6)C(C)C)[nH]c5c4)cc3)cc2[nH]1. The fourth-order valence-corrected chi connectivity index (χ4v) is 8.63. The number of H-pyrrole nitrogens is 2. The highest BCUT2D eigenvalue weighted by molar-refractivity contribution is 5.87. The molecule has 4 N–H and O–H groups in total. The summed E-state index contributed by atoms with van der Waals surface area (Å²) in [5.41, 5.74) is 7.95. The first-order valence-corrected chi connectivity index (χ1v) is 21.0. The largest absolute Gasteiger partial charge is 0.342 e. The monoisotopic (exact) mass is 802 g/mol. The summed E-state index contributed by atoms with van der Waals surface area (Å²) in [6.07, 6.45) is 10.2. The molecule has 0 bridgehead atoms. The number of fused-ring (bicyclic) bond motifs is 2. The number of aromatic amines is 2. The van der Waals surface area contributed by atoms with Crippen molar-refractivity contribution < 1.29 is 9.59 Å². The second-order valence-corrected chi connectivity index (χ2v) is 16.5. The number of nitrogens with zero attached hydrogens (tertiary/aromatic N) is 8. The van der Waals surface area contributed by atoms with Gasteiger partial charge in [0.2, 0.25) is 23.7 Å². The Labute approximate surface area is 348 Å². The van der Waals surface area contributed by atoms with E-state index in [4.69, 9.17) is 9.97 Å². The van der Waals surface area contributed by atoms with Gasteiger partial charge in [-0.2, -0.15) is 0 Å². The van der Waals surface area contributed by atoms with E-state index in [2.05, 4.69) is 89.1 Å². The smallest absolute Gasteiger partial charge is 0.246 e. The Morgan fingerprint density at radius 3 is 1.35 bits per heavy atom. The van der Waals surface area contributed by atoms with E-state index in [0.29, 0.717) is 25.0 Å². The molecule has 306 valence electrons. The zero-order valence-corrected chi connectivity index (χ0v) is 34.3. The van der Waals surface area contributed by atoms with Crippen molar-refractivity contribution in [1.82, 2.24) is 49.7 Å². The molecule has 2 fully saturated rings. The second-order valence-electron chi connectivity index (χ2n) is 16.5. The van der Waals surface area contributed by atoms with Crippen molar-refractivity contribution in [1.29, 1.82) is 0 Å². The van der Waals surface area contributed by atoms with E-state index in [0.717, 1.165) is 81.7 Å². The zero-order valence-electron chi connectivity index (χ0n) is 34.3. The van der Waals surface area contributed by atoms with Crippen LogP contribution in [0.2, 0.25) is 0 Å². The molecule has 14 nitrogen and oxygen atoms in total. The average Bonchev–Trinajstić information content (AvgIpc) is 4.10. The fourth-order valence-electron chi connectivity index (χ4n) is 8.63. The van der Waals surface area contributed by atoms with Crippen LogP contribution < -0.4 is 10.6 Å². The van der Waals surface area contributed by atoms with Gasteiger partial charge in [-0.05, 0) is 96.2 Å². The van der Waals surface area contributed by atoms with Gasteiger partial charge in [0.25, 0.3) is 0 Å². The molecule has 9 rings (SSSR count). The van der Waals surface area contributed by atoms with E-state index in [1.54, 1.807) is 36.9 Å². The molecule has 0 saturated carbocycles. The summed E-state index contributed by atoms with van der Waals surface area (Å²) >= 11 is 0. The molecule has 0 radical (unpaired) electrons. The van der Waals surface area contributed by atoms with Gasteiger partial charge in [-0.25, -0.2) is 29.9 Å². The number of benzene rings is 3. The van der Waals surface area contributed by atoms with Crippen LogP contribution in [0, 0.1) is 11.8 Å². The number of imidazole rings is 2. The first-order chi connectivity index (χ1) is 29.2. The van der Waals surface area contributed by atoms with E-state index in [1.807, 2.05) is 49.6 Å². The molecule has 6 heterocycles. The Hall–Kier alpha value is -6.70. The Morgan fingerprint density at radius 1 is 0.583 bits per heavy atom. The number of aromatic nitrogens is 8. The predicted octanol–water partition coefficient (Wildman–Crippen LogP) is 7.95. The maximum absolute atomic E-state index is 13.9. The van der Waals surface area contributed by atoms with Crippen molar-refractivity contribution in [3.05, 3.63) is 109 Å². The molecule has 7 aromatic rings. The van der Waals surface area contributed by atoms with Gasteiger partial charge in [0.05, 0.1) is 34.2 Å². The average molecular weight is 803 g/mol. The maximum atomic E-state index is 13.9. The Bertz CT molecular complexity index is 2430. The van der Waals surface area contributed by atoms with Crippen LogP contribution in [-0.2, 0) is 9.59 Å². The van der Waals surface area contributed by atoms with Gasteiger partial charge in [-0.1, -0.05) is 64.1 Å². The number of amides is 2. The molecular weight excluding hydrogens is 753 g/mol. The number of rotatable bonds is 12. The van der Waals surface area contributed by atoms with Gasteiger partial charge >= 0.3 is 0 Å².